The van der Waals surface area contributed by atoms with Gasteiger partial charge in [0.25, 0.3) is 0 Å². The first kappa shape index (κ1) is 9.57. The van der Waals surface area contributed by atoms with E-state index in [1.807, 2.05) is 0 Å². The number of hydrogen-bond donors (Lipinski definition) is 0. The van der Waals surface area contributed by atoms with E-state index in [2.05, 4.69) is 14.9 Å². The zero-order valence-corrected chi connectivity index (χ0v) is 7.11. The van der Waals surface area contributed by atoms with Crippen molar-refractivity contribution in [3.05, 3.63) is 24.3 Å². The average Bonchev–Trinajstić information content (AvgIpc) is 2.20. The van der Waals surface area contributed by atoms with Gasteiger partial charge < -0.3 is 0 Å². The summed E-state index contributed by atoms with van der Waals surface area (Å²) in [6.07, 6.45) is 3.25. The van der Waals surface area contributed by atoms with Crippen molar-refractivity contribution in [2.24, 2.45) is 0 Å². The van der Waals surface area contributed by atoms with Crippen LogP contribution in [0, 0.1) is 0 Å². The minimum absolute atomic E-state index is 0.444. The lowest BCUT2D eigenvalue weighted by Gasteiger charge is -2.07. The van der Waals surface area contributed by atoms with E-state index in [9.17, 15) is 9.32 Å². The molecule has 0 fully saturated rings. The maximum atomic E-state index is 11.6. The van der Waals surface area contributed by atoms with Crippen LogP contribution in [0.1, 0.15) is 25.0 Å². The molecule has 0 aliphatic heterocycles. The summed E-state index contributed by atoms with van der Waals surface area (Å²) in [5, 5.41) is 0. The summed E-state index contributed by atoms with van der Waals surface area (Å²) in [5.74, 6) is -1.56. The SMILES string of the molecule is CCC(C(=O)OF)c1ccncn1. The van der Waals surface area contributed by atoms with Crippen LogP contribution in [0.15, 0.2) is 18.6 Å². The zero-order valence-electron chi connectivity index (χ0n) is 7.11. The Morgan fingerprint density at radius 1 is 1.77 bits per heavy atom. The Morgan fingerprint density at radius 2 is 2.54 bits per heavy atom. The lowest BCUT2D eigenvalue weighted by Crippen LogP contribution is -2.13. The highest BCUT2D eigenvalue weighted by Gasteiger charge is 2.22. The van der Waals surface area contributed by atoms with Gasteiger partial charge in [-0.25, -0.2) is 14.8 Å². The molecule has 0 saturated heterocycles. The van der Waals surface area contributed by atoms with Gasteiger partial charge in [0, 0.05) is 10.7 Å². The number of rotatable bonds is 3. The molecule has 0 aliphatic rings. The molecule has 0 N–H and O–H groups in total. The predicted octanol–water partition coefficient (Wildman–Crippen LogP) is 1.40. The summed E-state index contributed by atoms with van der Waals surface area (Å²) in [6, 6.07) is 1.56. The monoisotopic (exact) mass is 184 g/mol. The summed E-state index contributed by atoms with van der Waals surface area (Å²) in [6.45, 7) is 1.75. The third-order valence-corrected chi connectivity index (χ3v) is 1.73. The van der Waals surface area contributed by atoms with E-state index in [0.29, 0.717) is 12.1 Å². The van der Waals surface area contributed by atoms with Gasteiger partial charge in [0.1, 0.15) is 12.2 Å². The van der Waals surface area contributed by atoms with Crippen LogP contribution < -0.4 is 0 Å². The first-order valence-corrected chi connectivity index (χ1v) is 3.88. The van der Waals surface area contributed by atoms with Crippen LogP contribution in [0.3, 0.4) is 0 Å². The standard InChI is InChI=1S/C8H9FN2O2/c1-2-6(8(12)13-9)7-3-4-10-5-11-7/h3-6H,2H2,1H3. The molecule has 1 atom stereocenters. The molecule has 0 saturated carbocycles. The van der Waals surface area contributed by atoms with Gasteiger partial charge in [-0.2, -0.15) is 0 Å². The maximum Gasteiger partial charge on any atom is 0.357 e. The number of carbonyl (C=O) groups excluding carboxylic acids is 1. The van der Waals surface area contributed by atoms with E-state index in [1.54, 1.807) is 13.0 Å². The van der Waals surface area contributed by atoms with E-state index in [4.69, 9.17) is 0 Å². The fourth-order valence-corrected chi connectivity index (χ4v) is 1.06. The normalized spacial score (nSPS) is 12.2. The molecule has 0 amide bonds. The Kier molecular flexibility index (Phi) is 3.31. The molecule has 0 bridgehead atoms. The summed E-state index contributed by atoms with van der Waals surface area (Å²) in [4.78, 5) is 21.6. The van der Waals surface area contributed by atoms with Crippen molar-refractivity contribution in [3.63, 3.8) is 0 Å². The summed E-state index contributed by atoms with van der Waals surface area (Å²) < 4.78 is 11.6. The fourth-order valence-electron chi connectivity index (χ4n) is 1.06. The molecule has 1 aromatic rings. The highest BCUT2D eigenvalue weighted by Crippen LogP contribution is 2.17. The molecule has 1 aromatic heterocycles. The molecule has 0 radical (unpaired) electrons. The van der Waals surface area contributed by atoms with Crippen molar-refractivity contribution < 1.29 is 14.3 Å². The molecule has 1 unspecified atom stereocenters. The van der Waals surface area contributed by atoms with Crippen LogP contribution in [-0.2, 0) is 9.74 Å². The van der Waals surface area contributed by atoms with Gasteiger partial charge in [-0.15, -0.1) is 0 Å². The lowest BCUT2D eigenvalue weighted by atomic mass is 10.0. The lowest BCUT2D eigenvalue weighted by molar-refractivity contribution is -0.185. The second-order valence-electron chi connectivity index (χ2n) is 2.49. The molecule has 1 rings (SSSR count). The van der Waals surface area contributed by atoms with Gasteiger partial charge in [-0.1, -0.05) is 6.92 Å². The Hall–Kier alpha value is -1.52. The molecule has 4 nitrogen and oxygen atoms in total. The van der Waals surface area contributed by atoms with Crippen molar-refractivity contribution in [2.75, 3.05) is 0 Å². The average molecular weight is 184 g/mol. The Bertz CT molecular complexity index is 279. The second-order valence-corrected chi connectivity index (χ2v) is 2.49. The Balaban J connectivity index is 2.85. The van der Waals surface area contributed by atoms with Gasteiger partial charge in [-0.05, 0) is 12.5 Å². The molecular formula is C8H9FN2O2. The number of hydrogen-bond acceptors (Lipinski definition) is 4. The number of aromatic nitrogens is 2. The van der Waals surface area contributed by atoms with Crippen LogP contribution in [-0.4, -0.2) is 15.9 Å². The van der Waals surface area contributed by atoms with Gasteiger partial charge in [-0.3, -0.25) is 4.94 Å². The third kappa shape index (κ3) is 2.21. The largest absolute Gasteiger partial charge is 0.357 e. The Labute approximate surface area is 74.7 Å². The van der Waals surface area contributed by atoms with E-state index >= 15 is 0 Å². The molecular weight excluding hydrogens is 175 g/mol. The van der Waals surface area contributed by atoms with Gasteiger partial charge in [0.05, 0.1) is 5.69 Å². The van der Waals surface area contributed by atoms with E-state index in [-0.39, 0.29) is 0 Å². The molecule has 0 aromatic carbocycles. The molecule has 0 aliphatic carbocycles. The van der Waals surface area contributed by atoms with Crippen molar-refractivity contribution in [3.8, 4) is 0 Å². The minimum Gasteiger partial charge on any atom is -0.254 e. The van der Waals surface area contributed by atoms with Crippen molar-refractivity contribution in [1.29, 1.82) is 0 Å². The van der Waals surface area contributed by atoms with Crippen molar-refractivity contribution >= 4 is 5.97 Å². The summed E-state index contributed by atoms with van der Waals surface area (Å²) in [7, 11) is 0. The molecule has 70 valence electrons. The van der Waals surface area contributed by atoms with Crippen LogP contribution in [0.5, 0.6) is 0 Å². The molecule has 1 heterocycles. The summed E-state index contributed by atoms with van der Waals surface area (Å²) in [5.41, 5.74) is 0.472. The predicted molar refractivity (Wildman–Crippen MR) is 42.3 cm³/mol. The second kappa shape index (κ2) is 4.49. The van der Waals surface area contributed by atoms with Crippen LogP contribution >= 0.6 is 0 Å². The van der Waals surface area contributed by atoms with Gasteiger partial charge >= 0.3 is 5.97 Å². The number of nitrogens with zero attached hydrogens (tertiary/aromatic N) is 2. The van der Waals surface area contributed by atoms with Gasteiger partial charge in [0.15, 0.2) is 0 Å². The highest BCUT2D eigenvalue weighted by atomic mass is 19.3. The molecule has 0 spiro atoms. The molecule has 13 heavy (non-hydrogen) atoms. The maximum absolute atomic E-state index is 11.6. The third-order valence-electron chi connectivity index (χ3n) is 1.73. The van der Waals surface area contributed by atoms with E-state index in [1.165, 1.54) is 12.5 Å². The summed E-state index contributed by atoms with van der Waals surface area (Å²) >= 11 is 0. The zero-order chi connectivity index (χ0) is 9.68. The van der Waals surface area contributed by atoms with Crippen LogP contribution in [0.2, 0.25) is 0 Å². The van der Waals surface area contributed by atoms with Crippen molar-refractivity contribution in [1.82, 2.24) is 9.97 Å². The fraction of sp³-hybridized carbons (Fsp3) is 0.375. The quantitative estimate of drug-likeness (QED) is 0.712. The minimum atomic E-state index is -0.916. The van der Waals surface area contributed by atoms with Crippen LogP contribution in [0.25, 0.3) is 0 Å². The first-order chi connectivity index (χ1) is 6.29. The van der Waals surface area contributed by atoms with Crippen molar-refractivity contribution in [2.45, 2.75) is 19.3 Å². The van der Waals surface area contributed by atoms with E-state index in [0.717, 1.165) is 0 Å². The number of halogens is 1. The number of carbonyl (C=O) groups is 1. The van der Waals surface area contributed by atoms with Crippen LogP contribution in [0.4, 0.5) is 4.53 Å². The molecule has 5 heteroatoms. The Morgan fingerprint density at radius 3 is 3.00 bits per heavy atom. The van der Waals surface area contributed by atoms with E-state index < -0.39 is 11.9 Å². The first-order valence-electron chi connectivity index (χ1n) is 3.88. The topological polar surface area (TPSA) is 52.1 Å². The van der Waals surface area contributed by atoms with Gasteiger partial charge in [0.2, 0.25) is 0 Å². The highest BCUT2D eigenvalue weighted by molar-refractivity contribution is 5.76. The smallest absolute Gasteiger partial charge is 0.254 e.